The van der Waals surface area contributed by atoms with Crippen molar-refractivity contribution in [2.75, 3.05) is 0 Å². The van der Waals surface area contributed by atoms with Crippen LogP contribution in [-0.2, 0) is 0 Å². The molecule has 1 fully saturated rings. The van der Waals surface area contributed by atoms with E-state index in [1.807, 2.05) is 36.6 Å². The Morgan fingerprint density at radius 1 is 1.24 bits per heavy atom. The fourth-order valence-electron chi connectivity index (χ4n) is 3.31. The summed E-state index contributed by atoms with van der Waals surface area (Å²) < 4.78 is 1.54. The van der Waals surface area contributed by atoms with Crippen molar-refractivity contribution in [1.82, 2.24) is 14.7 Å². The molecular weight excluding hydrogens is 334 g/mol. The van der Waals surface area contributed by atoms with Crippen LogP contribution in [-0.4, -0.2) is 21.3 Å². The first-order valence-corrected chi connectivity index (χ1v) is 9.38. The van der Waals surface area contributed by atoms with Crippen molar-refractivity contribution in [1.29, 1.82) is 0 Å². The summed E-state index contributed by atoms with van der Waals surface area (Å²) in [4.78, 5) is 30.4. The zero-order valence-electron chi connectivity index (χ0n) is 14.0. The van der Waals surface area contributed by atoms with Crippen molar-refractivity contribution < 1.29 is 4.79 Å². The molecule has 1 aromatic carbocycles. The summed E-state index contributed by atoms with van der Waals surface area (Å²) in [5.74, 6) is -0.320. The molecule has 0 spiro atoms. The highest BCUT2D eigenvalue weighted by atomic mass is 32.1. The molecule has 0 radical (unpaired) electrons. The van der Waals surface area contributed by atoms with Gasteiger partial charge in [0.25, 0.3) is 11.5 Å². The first-order valence-electron chi connectivity index (χ1n) is 8.50. The molecule has 2 heterocycles. The van der Waals surface area contributed by atoms with Gasteiger partial charge in [0.1, 0.15) is 5.56 Å². The van der Waals surface area contributed by atoms with Crippen molar-refractivity contribution >= 4 is 22.2 Å². The molecule has 6 heteroatoms. The van der Waals surface area contributed by atoms with Crippen LogP contribution in [0.3, 0.4) is 0 Å². The van der Waals surface area contributed by atoms with Crippen molar-refractivity contribution in [2.45, 2.75) is 38.6 Å². The first-order chi connectivity index (χ1) is 12.1. The van der Waals surface area contributed by atoms with Crippen LogP contribution in [0.25, 0.3) is 16.2 Å². The van der Waals surface area contributed by atoms with E-state index in [1.54, 1.807) is 4.40 Å². The van der Waals surface area contributed by atoms with Crippen LogP contribution in [0.4, 0.5) is 0 Å². The van der Waals surface area contributed by atoms with E-state index in [4.69, 9.17) is 0 Å². The average molecular weight is 353 g/mol. The van der Waals surface area contributed by atoms with Gasteiger partial charge in [-0.1, -0.05) is 42.7 Å². The maximum atomic E-state index is 12.9. The molecule has 1 aliphatic rings. The third kappa shape index (κ3) is 2.98. The van der Waals surface area contributed by atoms with Gasteiger partial charge < -0.3 is 5.32 Å². The van der Waals surface area contributed by atoms with Crippen LogP contribution in [0.2, 0.25) is 0 Å². The highest BCUT2D eigenvalue weighted by molar-refractivity contribution is 7.15. The van der Waals surface area contributed by atoms with E-state index < -0.39 is 0 Å². The van der Waals surface area contributed by atoms with Crippen LogP contribution in [0.5, 0.6) is 0 Å². The van der Waals surface area contributed by atoms with E-state index >= 15 is 0 Å². The van der Waals surface area contributed by atoms with E-state index in [0.717, 1.165) is 42.5 Å². The van der Waals surface area contributed by atoms with Crippen LogP contribution in [0.1, 0.15) is 41.6 Å². The Kier molecular flexibility index (Phi) is 4.13. The number of aryl methyl sites for hydroxylation is 1. The zero-order valence-corrected chi connectivity index (χ0v) is 14.8. The summed E-state index contributed by atoms with van der Waals surface area (Å²) in [7, 11) is 0. The number of nitrogens with one attached hydrogen (secondary N) is 1. The van der Waals surface area contributed by atoms with Gasteiger partial charge in [0.15, 0.2) is 4.96 Å². The first kappa shape index (κ1) is 16.0. The number of hydrogen-bond donors (Lipinski definition) is 1. The smallest absolute Gasteiger partial charge is 0.271 e. The summed E-state index contributed by atoms with van der Waals surface area (Å²) in [6.45, 7) is 2.02. The van der Waals surface area contributed by atoms with Gasteiger partial charge in [-0.25, -0.2) is 4.98 Å². The second kappa shape index (κ2) is 6.44. The second-order valence-electron chi connectivity index (χ2n) is 6.54. The second-order valence-corrected chi connectivity index (χ2v) is 7.37. The number of carbonyl (C=O) groups is 1. The fraction of sp³-hybridized carbons (Fsp3) is 0.316. The van der Waals surface area contributed by atoms with Crippen molar-refractivity contribution in [3.8, 4) is 11.3 Å². The molecule has 25 heavy (non-hydrogen) atoms. The Morgan fingerprint density at radius 2 is 1.96 bits per heavy atom. The van der Waals surface area contributed by atoms with Gasteiger partial charge in [0.05, 0.1) is 5.69 Å². The molecule has 1 aliphatic carbocycles. The minimum Gasteiger partial charge on any atom is -0.349 e. The normalized spacial score (nSPS) is 14.9. The Bertz CT molecular complexity index is 982. The number of benzene rings is 1. The SMILES string of the molecule is Cc1ccc(-c2csc3ncc(C(=O)NC4CCCC4)c(=O)n23)cc1. The van der Waals surface area contributed by atoms with E-state index in [0.29, 0.717) is 4.96 Å². The third-order valence-electron chi connectivity index (χ3n) is 4.73. The van der Waals surface area contributed by atoms with Gasteiger partial charge in [-0.3, -0.25) is 14.0 Å². The Hall–Kier alpha value is -2.47. The van der Waals surface area contributed by atoms with E-state index in [9.17, 15) is 9.59 Å². The largest absolute Gasteiger partial charge is 0.349 e. The van der Waals surface area contributed by atoms with Gasteiger partial charge in [0, 0.05) is 17.6 Å². The molecule has 4 rings (SSSR count). The summed E-state index contributed by atoms with van der Waals surface area (Å²) in [6, 6.07) is 8.15. The molecular formula is C19H19N3O2S. The van der Waals surface area contributed by atoms with E-state index in [1.165, 1.54) is 17.5 Å². The summed E-state index contributed by atoms with van der Waals surface area (Å²) in [5.41, 5.74) is 2.67. The van der Waals surface area contributed by atoms with Gasteiger partial charge in [0.2, 0.25) is 0 Å². The fourth-order valence-corrected chi connectivity index (χ4v) is 4.17. The molecule has 1 saturated carbocycles. The summed E-state index contributed by atoms with van der Waals surface area (Å²) in [5, 5.41) is 4.88. The molecule has 0 bridgehead atoms. The summed E-state index contributed by atoms with van der Waals surface area (Å²) >= 11 is 1.40. The van der Waals surface area contributed by atoms with Crippen LogP contribution in [0, 0.1) is 6.92 Å². The van der Waals surface area contributed by atoms with Crippen LogP contribution >= 0.6 is 11.3 Å². The number of thiazole rings is 1. The van der Waals surface area contributed by atoms with Crippen molar-refractivity contribution in [3.63, 3.8) is 0 Å². The quantitative estimate of drug-likeness (QED) is 0.785. The Balaban J connectivity index is 1.76. The van der Waals surface area contributed by atoms with E-state index in [2.05, 4.69) is 10.3 Å². The topological polar surface area (TPSA) is 63.5 Å². The molecule has 0 unspecified atom stereocenters. The third-order valence-corrected chi connectivity index (χ3v) is 5.57. The highest BCUT2D eigenvalue weighted by Gasteiger charge is 2.21. The number of amides is 1. The number of nitrogens with zero attached hydrogens (tertiary/aromatic N) is 2. The lowest BCUT2D eigenvalue weighted by atomic mass is 10.1. The average Bonchev–Trinajstić information content (AvgIpc) is 3.25. The molecule has 1 N–H and O–H groups in total. The van der Waals surface area contributed by atoms with Crippen LogP contribution in [0.15, 0.2) is 40.6 Å². The predicted octanol–water partition coefficient (Wildman–Crippen LogP) is 3.40. The van der Waals surface area contributed by atoms with Gasteiger partial charge in [-0.15, -0.1) is 11.3 Å². The number of fused-ring (bicyclic) bond motifs is 1. The maximum absolute atomic E-state index is 12.9. The van der Waals surface area contributed by atoms with Crippen molar-refractivity contribution in [2.24, 2.45) is 0 Å². The lowest BCUT2D eigenvalue weighted by Gasteiger charge is -2.11. The predicted molar refractivity (Wildman–Crippen MR) is 99.2 cm³/mol. The molecule has 0 aliphatic heterocycles. The number of carbonyl (C=O) groups excluding carboxylic acids is 1. The molecule has 0 saturated heterocycles. The Labute approximate surface area is 149 Å². The lowest BCUT2D eigenvalue weighted by Crippen LogP contribution is -2.37. The van der Waals surface area contributed by atoms with Gasteiger partial charge in [-0.05, 0) is 25.3 Å². The molecule has 0 atom stereocenters. The lowest BCUT2D eigenvalue weighted by molar-refractivity contribution is 0.0936. The molecule has 2 aromatic heterocycles. The maximum Gasteiger partial charge on any atom is 0.271 e. The standard InChI is InChI=1S/C19H19N3O2S/c1-12-6-8-13(9-7-12)16-11-25-19-20-10-15(18(24)22(16)19)17(23)21-14-4-2-3-5-14/h6-11,14H,2-5H2,1H3,(H,21,23). The van der Waals surface area contributed by atoms with E-state index in [-0.39, 0.29) is 23.1 Å². The zero-order chi connectivity index (χ0) is 17.4. The Morgan fingerprint density at radius 3 is 2.68 bits per heavy atom. The highest BCUT2D eigenvalue weighted by Crippen LogP contribution is 2.24. The monoisotopic (exact) mass is 353 g/mol. The molecule has 3 aromatic rings. The minimum atomic E-state index is -0.320. The van der Waals surface area contributed by atoms with Gasteiger partial charge >= 0.3 is 0 Å². The number of aromatic nitrogens is 2. The van der Waals surface area contributed by atoms with Crippen molar-refractivity contribution in [3.05, 3.63) is 57.3 Å². The molecule has 5 nitrogen and oxygen atoms in total. The molecule has 1 amide bonds. The minimum absolute atomic E-state index is 0.108. The number of hydrogen-bond acceptors (Lipinski definition) is 4. The van der Waals surface area contributed by atoms with Gasteiger partial charge in [-0.2, -0.15) is 0 Å². The summed E-state index contributed by atoms with van der Waals surface area (Å²) in [6.07, 6.45) is 5.62. The molecule has 128 valence electrons. The number of rotatable bonds is 3. The van der Waals surface area contributed by atoms with Crippen LogP contribution < -0.4 is 10.9 Å².